The molecule has 3 rings (SSSR count). The topological polar surface area (TPSA) is 161 Å². The maximum Gasteiger partial charge on any atom is 0.295 e. The van der Waals surface area contributed by atoms with E-state index in [9.17, 15) is 23.2 Å². The number of hydrogen-bond donors (Lipinski definition) is 5. The number of anilines is 5. The highest BCUT2D eigenvalue weighted by atomic mass is 32.2. The molecule has 0 fully saturated rings. The lowest BCUT2D eigenvalue weighted by atomic mass is 10.2. The van der Waals surface area contributed by atoms with Gasteiger partial charge in [-0.15, -0.1) is 0 Å². The van der Waals surface area contributed by atoms with E-state index in [-0.39, 0.29) is 49.0 Å². The van der Waals surface area contributed by atoms with Crippen LogP contribution in [-0.4, -0.2) is 64.4 Å². The molecule has 0 radical (unpaired) electrons. The van der Waals surface area contributed by atoms with Crippen molar-refractivity contribution >= 4 is 45.4 Å². The molecular formula is C22H26N6O5S. The number of para-hydroxylation sites is 1. The monoisotopic (exact) mass is 486 g/mol. The predicted molar refractivity (Wildman–Crippen MR) is 130 cm³/mol. The first-order valence-electron chi connectivity index (χ1n) is 10.4. The zero-order valence-corrected chi connectivity index (χ0v) is 19.3. The Labute approximate surface area is 197 Å². The van der Waals surface area contributed by atoms with E-state index in [2.05, 4.69) is 25.6 Å². The van der Waals surface area contributed by atoms with Crippen molar-refractivity contribution in [2.24, 2.45) is 0 Å². The van der Waals surface area contributed by atoms with E-state index >= 15 is 0 Å². The van der Waals surface area contributed by atoms with Crippen LogP contribution in [0.4, 0.5) is 29.2 Å². The fourth-order valence-corrected chi connectivity index (χ4v) is 3.81. The van der Waals surface area contributed by atoms with Gasteiger partial charge in [0.15, 0.2) is 0 Å². The van der Waals surface area contributed by atoms with Gasteiger partial charge in [0.05, 0.1) is 13.2 Å². The van der Waals surface area contributed by atoms with Crippen molar-refractivity contribution in [2.75, 3.05) is 41.8 Å². The number of nitrogens with one attached hydrogen (secondary N) is 2. The van der Waals surface area contributed by atoms with Crippen LogP contribution < -0.4 is 15.5 Å². The highest BCUT2D eigenvalue weighted by Crippen LogP contribution is 2.25. The number of benzene rings is 2. The predicted octanol–water partition coefficient (Wildman–Crippen LogP) is 2.43. The second-order valence-electron chi connectivity index (χ2n) is 7.06. The summed E-state index contributed by atoms with van der Waals surface area (Å²) < 4.78 is 33.4. The van der Waals surface area contributed by atoms with Gasteiger partial charge in [-0.05, 0) is 36.8 Å². The Morgan fingerprint density at radius 3 is 2.09 bits per heavy atom. The molecule has 3 aromatic rings. The van der Waals surface area contributed by atoms with Gasteiger partial charge in [-0.2, -0.15) is 23.4 Å². The van der Waals surface area contributed by atoms with E-state index in [0.29, 0.717) is 11.3 Å². The number of hydrogen-bond acceptors (Lipinski definition) is 10. The Kier molecular flexibility index (Phi) is 8.49. The molecular weight excluding hydrogens is 460 g/mol. The molecule has 0 amide bonds. The minimum Gasteiger partial charge on any atom is -0.395 e. The number of aliphatic hydroxyl groups is 2. The summed E-state index contributed by atoms with van der Waals surface area (Å²) in [5.41, 5.74) is 1.38. The molecule has 0 saturated carbocycles. The molecule has 34 heavy (non-hydrogen) atoms. The molecule has 5 N–H and O–H groups in total. The van der Waals surface area contributed by atoms with Gasteiger partial charge >= 0.3 is 0 Å². The van der Waals surface area contributed by atoms with Crippen molar-refractivity contribution in [2.45, 2.75) is 11.8 Å². The number of aliphatic hydroxyl groups excluding tert-OH is 2. The van der Waals surface area contributed by atoms with Gasteiger partial charge in [0, 0.05) is 24.5 Å². The van der Waals surface area contributed by atoms with Crippen molar-refractivity contribution in [3.63, 3.8) is 0 Å². The lowest BCUT2D eigenvalue weighted by molar-refractivity contribution is 0.280. The smallest absolute Gasteiger partial charge is 0.295 e. The van der Waals surface area contributed by atoms with Crippen LogP contribution in [0, 0.1) is 0 Å². The third-order valence-corrected chi connectivity index (χ3v) is 5.48. The number of rotatable bonds is 11. The lowest BCUT2D eigenvalue weighted by Gasteiger charge is -2.21. The Morgan fingerprint density at radius 2 is 1.53 bits per heavy atom. The van der Waals surface area contributed by atoms with Crippen molar-refractivity contribution in [1.29, 1.82) is 0 Å². The van der Waals surface area contributed by atoms with Crippen LogP contribution in [0.2, 0.25) is 0 Å². The van der Waals surface area contributed by atoms with Crippen LogP contribution in [0.15, 0.2) is 59.5 Å². The third kappa shape index (κ3) is 6.71. The fourth-order valence-electron chi connectivity index (χ4n) is 3.10. The van der Waals surface area contributed by atoms with Crippen LogP contribution in [0.25, 0.3) is 6.08 Å². The Balaban J connectivity index is 2.02. The summed E-state index contributed by atoms with van der Waals surface area (Å²) in [6, 6.07) is 13.6. The summed E-state index contributed by atoms with van der Waals surface area (Å²) in [5, 5.41) is 24.8. The molecule has 11 nitrogen and oxygen atoms in total. The molecule has 0 atom stereocenters. The molecule has 0 bridgehead atoms. The molecule has 12 heteroatoms. The summed E-state index contributed by atoms with van der Waals surface area (Å²) >= 11 is 0. The van der Waals surface area contributed by atoms with Crippen LogP contribution in [0.1, 0.15) is 12.5 Å². The maximum atomic E-state index is 11.9. The number of nitrogens with zero attached hydrogens (tertiary/aromatic N) is 4. The van der Waals surface area contributed by atoms with E-state index in [1.165, 1.54) is 6.07 Å². The molecule has 1 aromatic heterocycles. The lowest BCUT2D eigenvalue weighted by Crippen LogP contribution is -2.31. The molecule has 0 aliphatic heterocycles. The number of allylic oxidation sites excluding steroid dienone is 1. The molecule has 180 valence electrons. The molecule has 0 aliphatic carbocycles. The summed E-state index contributed by atoms with van der Waals surface area (Å²) in [5.74, 6) is 0.476. The molecule has 1 heterocycles. The minimum atomic E-state index is -4.48. The van der Waals surface area contributed by atoms with Crippen molar-refractivity contribution in [3.8, 4) is 0 Å². The van der Waals surface area contributed by atoms with Crippen LogP contribution in [0.5, 0.6) is 0 Å². The van der Waals surface area contributed by atoms with Crippen molar-refractivity contribution in [3.05, 3.63) is 60.2 Å². The molecule has 0 spiro atoms. The van der Waals surface area contributed by atoms with Gasteiger partial charge < -0.3 is 25.7 Å². The molecule has 0 aliphatic rings. The fraction of sp³-hybridized carbons (Fsp3) is 0.227. The van der Waals surface area contributed by atoms with E-state index in [0.717, 1.165) is 5.69 Å². The van der Waals surface area contributed by atoms with Crippen LogP contribution in [0.3, 0.4) is 0 Å². The Morgan fingerprint density at radius 1 is 0.912 bits per heavy atom. The summed E-state index contributed by atoms with van der Waals surface area (Å²) in [7, 11) is -4.48. The first-order chi connectivity index (χ1) is 16.3. The van der Waals surface area contributed by atoms with Crippen molar-refractivity contribution in [1.82, 2.24) is 15.0 Å². The van der Waals surface area contributed by atoms with Crippen LogP contribution >= 0.6 is 0 Å². The molecule has 0 unspecified atom stereocenters. The van der Waals surface area contributed by atoms with Gasteiger partial charge in [0.2, 0.25) is 17.8 Å². The largest absolute Gasteiger partial charge is 0.395 e. The van der Waals surface area contributed by atoms with Gasteiger partial charge in [-0.1, -0.05) is 36.4 Å². The molecule has 2 aromatic carbocycles. The van der Waals surface area contributed by atoms with Crippen LogP contribution in [-0.2, 0) is 10.1 Å². The van der Waals surface area contributed by atoms with Gasteiger partial charge in [0.25, 0.3) is 10.1 Å². The second kappa shape index (κ2) is 11.5. The normalized spacial score (nSPS) is 11.5. The molecule has 0 saturated heterocycles. The SMILES string of the molecule is CC=Cc1ccc(Nc2nc(Nc3ccccc3)nc(N(CCO)CCO)n2)cc1S(=O)(=O)O. The zero-order valence-electron chi connectivity index (χ0n) is 18.5. The maximum absolute atomic E-state index is 11.9. The quantitative estimate of drug-likeness (QED) is 0.253. The highest BCUT2D eigenvalue weighted by Gasteiger charge is 2.17. The minimum absolute atomic E-state index is 0.0874. The van der Waals surface area contributed by atoms with Gasteiger partial charge in [-0.25, -0.2) is 0 Å². The Hall–Kier alpha value is -3.58. The third-order valence-electron chi connectivity index (χ3n) is 4.57. The van der Waals surface area contributed by atoms with E-state index in [1.54, 1.807) is 36.1 Å². The first-order valence-corrected chi connectivity index (χ1v) is 11.8. The van der Waals surface area contributed by atoms with E-state index in [1.807, 2.05) is 30.3 Å². The van der Waals surface area contributed by atoms with E-state index < -0.39 is 10.1 Å². The number of aromatic nitrogens is 3. The Bertz CT molecular complexity index is 1230. The van der Waals surface area contributed by atoms with E-state index in [4.69, 9.17) is 0 Å². The summed E-state index contributed by atoms with van der Waals surface area (Å²) in [6.45, 7) is 1.73. The summed E-state index contributed by atoms with van der Waals surface area (Å²) in [6.07, 6.45) is 3.23. The first kappa shape index (κ1) is 25.1. The zero-order chi connectivity index (χ0) is 24.6. The van der Waals surface area contributed by atoms with Gasteiger partial charge in [0.1, 0.15) is 4.90 Å². The van der Waals surface area contributed by atoms with Gasteiger partial charge in [-0.3, -0.25) is 4.55 Å². The highest BCUT2D eigenvalue weighted by molar-refractivity contribution is 7.86. The van der Waals surface area contributed by atoms with Crippen molar-refractivity contribution < 1.29 is 23.2 Å². The average Bonchev–Trinajstić information content (AvgIpc) is 2.80. The standard InChI is InChI=1S/C22H26N6O5S/c1-2-6-16-9-10-18(15-19(16)34(31,32)33)24-21-25-20(23-17-7-4-3-5-8-17)26-22(27-21)28(11-13-29)12-14-30/h2-10,15,29-30H,11-14H2,1H3,(H,31,32,33)(H2,23,24,25,26,27). The second-order valence-corrected chi connectivity index (χ2v) is 8.45. The summed E-state index contributed by atoms with van der Waals surface area (Å²) in [4.78, 5) is 14.4. The average molecular weight is 487 g/mol.